The minimum atomic E-state index is 0.889. The highest BCUT2D eigenvalue weighted by molar-refractivity contribution is 5.03. The summed E-state index contributed by atoms with van der Waals surface area (Å²) in [5.74, 6) is 0.889. The van der Waals surface area contributed by atoms with Gasteiger partial charge in [-0.1, -0.05) is 11.2 Å². The number of nitrogens with zero attached hydrogens (tertiary/aromatic N) is 3. The van der Waals surface area contributed by atoms with Gasteiger partial charge in [-0.15, -0.1) is 6.58 Å². The van der Waals surface area contributed by atoms with Gasteiger partial charge in [-0.2, -0.15) is 0 Å². The second-order valence-corrected chi connectivity index (χ2v) is 4.29. The highest BCUT2D eigenvalue weighted by Crippen LogP contribution is 2.08. The Hall–Kier alpha value is -1.13. The van der Waals surface area contributed by atoms with Gasteiger partial charge in [-0.05, 0) is 6.92 Å². The van der Waals surface area contributed by atoms with Crippen LogP contribution in [0.4, 0.5) is 0 Å². The third-order valence-electron chi connectivity index (χ3n) is 2.91. The van der Waals surface area contributed by atoms with Gasteiger partial charge in [0, 0.05) is 45.3 Å². The molecule has 88 valence electrons. The minimum Gasteiger partial charge on any atom is -0.361 e. The average Bonchev–Trinajstić information content (AvgIpc) is 2.67. The maximum Gasteiger partial charge on any atom is 0.133 e. The molecule has 0 amide bonds. The number of aryl methyl sites for hydroxylation is 1. The zero-order chi connectivity index (χ0) is 11.4. The van der Waals surface area contributed by atoms with E-state index in [1.165, 1.54) is 0 Å². The normalized spacial score (nSPS) is 18.8. The Kier molecular flexibility index (Phi) is 3.74. The van der Waals surface area contributed by atoms with Crippen LogP contribution in [0.3, 0.4) is 0 Å². The quantitative estimate of drug-likeness (QED) is 0.717. The van der Waals surface area contributed by atoms with Crippen LogP contribution in [0.1, 0.15) is 11.5 Å². The number of rotatable bonds is 4. The van der Waals surface area contributed by atoms with Crippen molar-refractivity contribution in [1.29, 1.82) is 0 Å². The lowest BCUT2D eigenvalue weighted by atomic mass is 10.3. The molecule has 0 spiro atoms. The number of piperazine rings is 1. The Morgan fingerprint density at radius 3 is 2.62 bits per heavy atom. The van der Waals surface area contributed by atoms with Crippen LogP contribution in [0.25, 0.3) is 0 Å². The monoisotopic (exact) mass is 221 g/mol. The minimum absolute atomic E-state index is 0.889. The van der Waals surface area contributed by atoms with Gasteiger partial charge in [0.15, 0.2) is 0 Å². The Bertz CT molecular complexity index is 340. The standard InChI is InChI=1S/C12H19N3O/c1-3-4-14-5-7-15(8-6-14)10-12-9-11(2)16-13-12/h3,9H,1,4-8,10H2,2H3. The summed E-state index contributed by atoms with van der Waals surface area (Å²) in [6, 6.07) is 2.01. The topological polar surface area (TPSA) is 32.5 Å². The predicted molar refractivity (Wildman–Crippen MR) is 63.2 cm³/mol. The van der Waals surface area contributed by atoms with E-state index in [4.69, 9.17) is 4.52 Å². The summed E-state index contributed by atoms with van der Waals surface area (Å²) in [6.45, 7) is 12.0. The van der Waals surface area contributed by atoms with Crippen molar-refractivity contribution in [3.05, 3.63) is 30.2 Å². The van der Waals surface area contributed by atoms with Gasteiger partial charge >= 0.3 is 0 Å². The first-order valence-corrected chi connectivity index (χ1v) is 5.76. The maximum atomic E-state index is 5.07. The summed E-state index contributed by atoms with van der Waals surface area (Å²) in [4.78, 5) is 4.83. The van der Waals surface area contributed by atoms with E-state index in [2.05, 4.69) is 21.5 Å². The first-order chi connectivity index (χ1) is 7.78. The molecule has 1 fully saturated rings. The van der Waals surface area contributed by atoms with Crippen LogP contribution in [0, 0.1) is 6.92 Å². The average molecular weight is 221 g/mol. The molecule has 1 aromatic heterocycles. The van der Waals surface area contributed by atoms with E-state index < -0.39 is 0 Å². The van der Waals surface area contributed by atoms with Gasteiger partial charge in [-0.25, -0.2) is 0 Å². The van der Waals surface area contributed by atoms with Crippen molar-refractivity contribution < 1.29 is 4.52 Å². The zero-order valence-electron chi connectivity index (χ0n) is 9.85. The van der Waals surface area contributed by atoms with E-state index in [9.17, 15) is 0 Å². The van der Waals surface area contributed by atoms with Crippen LogP contribution in [0.5, 0.6) is 0 Å². The van der Waals surface area contributed by atoms with Gasteiger partial charge in [0.1, 0.15) is 5.76 Å². The van der Waals surface area contributed by atoms with E-state index in [1.807, 2.05) is 19.1 Å². The van der Waals surface area contributed by atoms with Crippen molar-refractivity contribution in [3.63, 3.8) is 0 Å². The third kappa shape index (κ3) is 2.93. The highest BCUT2D eigenvalue weighted by atomic mass is 16.5. The molecule has 16 heavy (non-hydrogen) atoms. The molecule has 4 nitrogen and oxygen atoms in total. The molecular weight excluding hydrogens is 202 g/mol. The summed E-state index contributed by atoms with van der Waals surface area (Å²) in [7, 11) is 0. The second kappa shape index (κ2) is 5.27. The SMILES string of the molecule is C=CCN1CCN(Cc2cc(C)on2)CC1. The summed E-state index contributed by atoms with van der Waals surface area (Å²) in [6.07, 6.45) is 1.97. The molecule has 0 atom stereocenters. The lowest BCUT2D eigenvalue weighted by Crippen LogP contribution is -2.45. The summed E-state index contributed by atoms with van der Waals surface area (Å²) < 4.78 is 5.07. The molecule has 0 unspecified atom stereocenters. The highest BCUT2D eigenvalue weighted by Gasteiger charge is 2.16. The molecule has 0 saturated carbocycles. The largest absolute Gasteiger partial charge is 0.361 e. The van der Waals surface area contributed by atoms with E-state index >= 15 is 0 Å². The molecule has 0 aromatic carbocycles. The fraction of sp³-hybridized carbons (Fsp3) is 0.583. The van der Waals surface area contributed by atoms with Crippen molar-refractivity contribution in [1.82, 2.24) is 15.0 Å². The summed E-state index contributed by atoms with van der Waals surface area (Å²) >= 11 is 0. The summed E-state index contributed by atoms with van der Waals surface area (Å²) in [5, 5.41) is 4.02. The van der Waals surface area contributed by atoms with Crippen molar-refractivity contribution in [2.75, 3.05) is 32.7 Å². The van der Waals surface area contributed by atoms with E-state index in [1.54, 1.807) is 0 Å². The second-order valence-electron chi connectivity index (χ2n) is 4.29. The predicted octanol–water partition coefficient (Wildman–Crippen LogP) is 1.29. The summed E-state index contributed by atoms with van der Waals surface area (Å²) in [5.41, 5.74) is 1.04. The van der Waals surface area contributed by atoms with E-state index in [0.717, 1.165) is 50.7 Å². The van der Waals surface area contributed by atoms with Gasteiger partial charge in [0.05, 0.1) is 5.69 Å². The Morgan fingerprint density at radius 2 is 2.06 bits per heavy atom. The smallest absolute Gasteiger partial charge is 0.133 e. The van der Waals surface area contributed by atoms with Gasteiger partial charge in [-0.3, -0.25) is 9.80 Å². The van der Waals surface area contributed by atoms with Crippen LogP contribution in [-0.4, -0.2) is 47.7 Å². The molecule has 0 bridgehead atoms. The van der Waals surface area contributed by atoms with Gasteiger partial charge in [0.2, 0.25) is 0 Å². The first kappa shape index (κ1) is 11.4. The van der Waals surface area contributed by atoms with Crippen molar-refractivity contribution >= 4 is 0 Å². The number of hydrogen-bond donors (Lipinski definition) is 0. The van der Waals surface area contributed by atoms with E-state index in [0.29, 0.717) is 0 Å². The molecule has 2 rings (SSSR count). The fourth-order valence-electron chi connectivity index (χ4n) is 2.03. The molecule has 1 aliphatic rings. The molecule has 0 aliphatic carbocycles. The van der Waals surface area contributed by atoms with Crippen LogP contribution in [0.15, 0.2) is 23.2 Å². The van der Waals surface area contributed by atoms with Crippen LogP contribution in [-0.2, 0) is 6.54 Å². The number of hydrogen-bond acceptors (Lipinski definition) is 4. The first-order valence-electron chi connectivity index (χ1n) is 5.76. The molecule has 4 heteroatoms. The van der Waals surface area contributed by atoms with Crippen molar-refractivity contribution in [3.8, 4) is 0 Å². The lowest BCUT2D eigenvalue weighted by molar-refractivity contribution is 0.134. The molecule has 1 aliphatic heterocycles. The molecule has 0 radical (unpaired) electrons. The molecule has 1 saturated heterocycles. The van der Waals surface area contributed by atoms with Crippen LogP contribution in [0.2, 0.25) is 0 Å². The maximum absolute atomic E-state index is 5.07. The van der Waals surface area contributed by atoms with Crippen LogP contribution >= 0.6 is 0 Å². The molecular formula is C12H19N3O. The number of aromatic nitrogens is 1. The fourth-order valence-corrected chi connectivity index (χ4v) is 2.03. The van der Waals surface area contributed by atoms with Gasteiger partial charge < -0.3 is 4.52 Å². The van der Waals surface area contributed by atoms with Gasteiger partial charge in [0.25, 0.3) is 0 Å². The Balaban J connectivity index is 1.79. The van der Waals surface area contributed by atoms with Crippen molar-refractivity contribution in [2.45, 2.75) is 13.5 Å². The zero-order valence-corrected chi connectivity index (χ0v) is 9.85. The molecule has 0 N–H and O–H groups in total. The van der Waals surface area contributed by atoms with Crippen LogP contribution < -0.4 is 0 Å². The Morgan fingerprint density at radius 1 is 1.38 bits per heavy atom. The molecule has 1 aromatic rings. The third-order valence-corrected chi connectivity index (χ3v) is 2.91. The molecule has 2 heterocycles. The lowest BCUT2D eigenvalue weighted by Gasteiger charge is -2.33. The van der Waals surface area contributed by atoms with Crippen molar-refractivity contribution in [2.24, 2.45) is 0 Å². The Labute approximate surface area is 96.5 Å². The van der Waals surface area contributed by atoms with E-state index in [-0.39, 0.29) is 0 Å².